The minimum atomic E-state index is -4.62. The molecule has 1 amide bonds. The molecule has 0 aliphatic rings. The van der Waals surface area contributed by atoms with Crippen LogP contribution < -0.4 is 5.32 Å². The highest BCUT2D eigenvalue weighted by Crippen LogP contribution is 2.31. The molecule has 0 spiro atoms. The van der Waals surface area contributed by atoms with E-state index in [0.717, 1.165) is 18.5 Å². The quantitative estimate of drug-likeness (QED) is 0.372. The Morgan fingerprint density at radius 3 is 2.95 bits per heavy atom. The van der Waals surface area contributed by atoms with Crippen molar-refractivity contribution in [3.8, 4) is 0 Å². The molecule has 0 bridgehead atoms. The highest BCUT2D eigenvalue weighted by Gasteiger charge is 2.35. The van der Waals surface area contributed by atoms with Crippen LogP contribution in [0.1, 0.15) is 15.9 Å². The van der Waals surface area contributed by atoms with Crippen molar-refractivity contribution in [2.24, 2.45) is 5.16 Å². The first-order chi connectivity index (χ1) is 9.46. The summed E-state index contributed by atoms with van der Waals surface area (Å²) in [5.74, 6) is -0.899. The number of nitrogens with one attached hydrogen (secondary N) is 1. The Bertz CT molecular complexity index is 477. The molecule has 0 atom stereocenters. The zero-order valence-electron chi connectivity index (χ0n) is 10.5. The average molecular weight is 291 g/mol. The molecule has 1 N–H and O–H groups in total. The minimum Gasteiger partial charge on any atom is -0.367 e. The molecular weight excluding hydrogens is 279 g/mol. The molecule has 0 aromatic carbocycles. The van der Waals surface area contributed by atoms with Crippen LogP contribution in [0.3, 0.4) is 0 Å². The number of hydrogen-bond donors (Lipinski definition) is 1. The number of ether oxygens (including phenoxy) is 1. The molecule has 1 aromatic rings. The van der Waals surface area contributed by atoms with Gasteiger partial charge in [0.05, 0.1) is 23.9 Å². The summed E-state index contributed by atoms with van der Waals surface area (Å²) in [5, 5.41) is 5.63. The van der Waals surface area contributed by atoms with Crippen molar-refractivity contribution in [3.63, 3.8) is 0 Å². The standard InChI is InChI=1S/C11H12F3N3O3/c1-19-7-20-17-5-4-16-10(18)8-6-15-3-2-9(8)11(12,13)14/h2-3,5-6H,4,7H2,1H3,(H,16,18). The predicted molar refractivity (Wildman–Crippen MR) is 63.0 cm³/mol. The number of alkyl halides is 3. The number of rotatable bonds is 6. The van der Waals surface area contributed by atoms with Crippen LogP contribution in [0, 0.1) is 0 Å². The number of aromatic nitrogens is 1. The molecule has 9 heteroatoms. The van der Waals surface area contributed by atoms with Crippen LogP contribution in [-0.4, -0.2) is 37.6 Å². The molecule has 6 nitrogen and oxygen atoms in total. The van der Waals surface area contributed by atoms with Gasteiger partial charge >= 0.3 is 6.18 Å². The van der Waals surface area contributed by atoms with Gasteiger partial charge in [-0.3, -0.25) is 9.78 Å². The van der Waals surface area contributed by atoms with Crippen LogP contribution in [0.5, 0.6) is 0 Å². The fraction of sp³-hybridized carbons (Fsp3) is 0.364. The Kier molecular flexibility index (Phi) is 5.91. The lowest BCUT2D eigenvalue weighted by Crippen LogP contribution is -2.28. The van der Waals surface area contributed by atoms with Crippen molar-refractivity contribution < 1.29 is 27.5 Å². The van der Waals surface area contributed by atoms with Crippen molar-refractivity contribution >= 4 is 12.1 Å². The van der Waals surface area contributed by atoms with Gasteiger partial charge in [0, 0.05) is 19.5 Å². The largest absolute Gasteiger partial charge is 0.417 e. The van der Waals surface area contributed by atoms with Crippen LogP contribution in [0.25, 0.3) is 0 Å². The number of methoxy groups -OCH3 is 1. The van der Waals surface area contributed by atoms with E-state index in [9.17, 15) is 18.0 Å². The van der Waals surface area contributed by atoms with Crippen molar-refractivity contribution in [1.29, 1.82) is 0 Å². The van der Waals surface area contributed by atoms with Gasteiger partial charge in [-0.1, -0.05) is 5.16 Å². The van der Waals surface area contributed by atoms with Crippen molar-refractivity contribution in [1.82, 2.24) is 10.3 Å². The van der Waals surface area contributed by atoms with Crippen molar-refractivity contribution in [2.45, 2.75) is 6.18 Å². The molecule has 0 saturated heterocycles. The van der Waals surface area contributed by atoms with Crippen LogP contribution >= 0.6 is 0 Å². The van der Waals surface area contributed by atoms with Crippen LogP contribution in [0.4, 0.5) is 13.2 Å². The molecule has 1 aromatic heterocycles. The maximum absolute atomic E-state index is 12.7. The minimum absolute atomic E-state index is 0.0642. The summed E-state index contributed by atoms with van der Waals surface area (Å²) in [5.41, 5.74) is -1.59. The van der Waals surface area contributed by atoms with E-state index in [1.165, 1.54) is 13.3 Å². The zero-order valence-corrected chi connectivity index (χ0v) is 10.5. The Morgan fingerprint density at radius 2 is 2.30 bits per heavy atom. The number of amides is 1. The molecule has 0 unspecified atom stereocenters. The molecule has 0 fully saturated rings. The van der Waals surface area contributed by atoms with E-state index in [-0.39, 0.29) is 13.3 Å². The molecule has 110 valence electrons. The number of carbonyl (C=O) groups is 1. The molecule has 1 heterocycles. The third kappa shape index (κ3) is 4.84. The first-order valence-corrected chi connectivity index (χ1v) is 5.39. The van der Waals surface area contributed by atoms with Gasteiger partial charge in [-0.15, -0.1) is 0 Å². The Labute approximate surface area is 112 Å². The van der Waals surface area contributed by atoms with E-state index in [1.807, 2.05) is 0 Å². The molecule has 1 rings (SSSR count). The zero-order chi connectivity index (χ0) is 15.0. The van der Waals surface area contributed by atoms with Gasteiger partial charge in [-0.2, -0.15) is 13.2 Å². The number of halogens is 3. The summed E-state index contributed by atoms with van der Waals surface area (Å²) in [7, 11) is 1.40. The fourth-order valence-corrected chi connectivity index (χ4v) is 1.23. The van der Waals surface area contributed by atoms with Gasteiger partial charge in [0.25, 0.3) is 5.91 Å². The van der Waals surface area contributed by atoms with Crippen LogP contribution in [0.2, 0.25) is 0 Å². The van der Waals surface area contributed by atoms with E-state index >= 15 is 0 Å². The number of hydrogen-bond acceptors (Lipinski definition) is 5. The maximum Gasteiger partial charge on any atom is 0.417 e. The van der Waals surface area contributed by atoms with Gasteiger partial charge in [0.2, 0.25) is 6.79 Å². The number of pyridine rings is 1. The summed E-state index contributed by atoms with van der Waals surface area (Å²) >= 11 is 0. The monoisotopic (exact) mass is 291 g/mol. The second kappa shape index (κ2) is 7.43. The summed E-state index contributed by atoms with van der Waals surface area (Å²) in [4.78, 5) is 19.7. The van der Waals surface area contributed by atoms with Crippen molar-refractivity contribution in [2.75, 3.05) is 20.4 Å². The Morgan fingerprint density at radius 1 is 1.55 bits per heavy atom. The lowest BCUT2D eigenvalue weighted by atomic mass is 10.1. The third-order valence-electron chi connectivity index (χ3n) is 2.04. The maximum atomic E-state index is 12.7. The lowest BCUT2D eigenvalue weighted by Gasteiger charge is -2.11. The fourth-order valence-electron chi connectivity index (χ4n) is 1.23. The number of oxime groups is 1. The molecule has 0 radical (unpaired) electrons. The van der Waals surface area contributed by atoms with E-state index in [4.69, 9.17) is 0 Å². The summed E-state index contributed by atoms with van der Waals surface area (Å²) in [6.45, 7) is -0.153. The first-order valence-electron chi connectivity index (χ1n) is 5.39. The summed E-state index contributed by atoms with van der Waals surface area (Å²) < 4.78 is 42.5. The first kappa shape index (κ1) is 15.9. The summed E-state index contributed by atoms with van der Waals surface area (Å²) in [6, 6.07) is 0.741. The van der Waals surface area contributed by atoms with Gasteiger partial charge in [0.1, 0.15) is 0 Å². The molecular formula is C11H12F3N3O3. The Balaban J connectivity index is 2.62. The number of carbonyl (C=O) groups excluding carboxylic acids is 1. The van der Waals surface area contributed by atoms with E-state index in [2.05, 4.69) is 25.0 Å². The van der Waals surface area contributed by atoms with Crippen LogP contribution in [0.15, 0.2) is 23.6 Å². The molecule has 0 aliphatic heterocycles. The van der Waals surface area contributed by atoms with Gasteiger partial charge in [-0.05, 0) is 6.07 Å². The molecule has 0 aliphatic carbocycles. The summed E-state index contributed by atoms with van der Waals surface area (Å²) in [6.07, 6.45) is -1.61. The van der Waals surface area contributed by atoms with E-state index < -0.39 is 23.2 Å². The highest BCUT2D eigenvalue weighted by atomic mass is 19.4. The van der Waals surface area contributed by atoms with Gasteiger partial charge in [-0.25, -0.2) is 0 Å². The predicted octanol–water partition coefficient (Wildman–Crippen LogP) is 1.44. The smallest absolute Gasteiger partial charge is 0.367 e. The molecule has 20 heavy (non-hydrogen) atoms. The van der Waals surface area contributed by atoms with E-state index in [1.54, 1.807) is 0 Å². The molecule has 0 saturated carbocycles. The second-order valence-electron chi connectivity index (χ2n) is 3.45. The third-order valence-corrected chi connectivity index (χ3v) is 2.04. The Hall–Kier alpha value is -2.16. The lowest BCUT2D eigenvalue weighted by molar-refractivity contribution is -0.138. The SMILES string of the molecule is COCON=CCNC(=O)c1cnccc1C(F)(F)F. The van der Waals surface area contributed by atoms with E-state index in [0.29, 0.717) is 0 Å². The van der Waals surface area contributed by atoms with Crippen LogP contribution in [-0.2, 0) is 15.8 Å². The highest BCUT2D eigenvalue weighted by molar-refractivity contribution is 5.96. The normalized spacial score (nSPS) is 11.6. The number of nitrogens with zero attached hydrogens (tertiary/aromatic N) is 2. The van der Waals surface area contributed by atoms with Gasteiger partial charge < -0.3 is 14.9 Å². The second-order valence-corrected chi connectivity index (χ2v) is 3.45. The average Bonchev–Trinajstić information content (AvgIpc) is 2.41. The van der Waals surface area contributed by atoms with Crippen molar-refractivity contribution in [3.05, 3.63) is 29.6 Å². The van der Waals surface area contributed by atoms with Gasteiger partial charge in [0.15, 0.2) is 0 Å². The topological polar surface area (TPSA) is 72.8 Å².